The fraction of sp³-hybridized carbons (Fsp3) is 0.391. The molecule has 0 bridgehead atoms. The minimum absolute atomic E-state index is 0.257. The third kappa shape index (κ3) is 3.78. The van der Waals surface area contributed by atoms with Crippen molar-refractivity contribution in [3.8, 4) is 5.82 Å². The Morgan fingerprint density at radius 2 is 1.58 bits per heavy atom. The number of hydrogen-bond acceptors (Lipinski definition) is 5. The van der Waals surface area contributed by atoms with Gasteiger partial charge in [-0.25, -0.2) is 4.68 Å². The van der Waals surface area contributed by atoms with Crippen LogP contribution >= 0.6 is 11.6 Å². The van der Waals surface area contributed by atoms with Crippen molar-refractivity contribution in [3.63, 3.8) is 0 Å². The zero-order valence-corrected chi connectivity index (χ0v) is 18.1. The van der Waals surface area contributed by atoms with Gasteiger partial charge in [0.25, 0.3) is 0 Å². The SMILES string of the molecule is O=C(N1CCN(c2ccc(-n3cccn3)nn2)CC1)C1(c2ccc(Cl)cc2)CCCC1. The van der Waals surface area contributed by atoms with Crippen LogP contribution in [0.25, 0.3) is 5.82 Å². The number of aromatic nitrogens is 4. The van der Waals surface area contributed by atoms with Crippen LogP contribution in [0.3, 0.4) is 0 Å². The molecule has 1 saturated heterocycles. The van der Waals surface area contributed by atoms with E-state index in [0.29, 0.717) is 23.9 Å². The highest BCUT2D eigenvalue weighted by Crippen LogP contribution is 2.43. The summed E-state index contributed by atoms with van der Waals surface area (Å²) in [7, 11) is 0. The Balaban J connectivity index is 1.27. The van der Waals surface area contributed by atoms with Crippen LogP contribution in [0.15, 0.2) is 54.9 Å². The van der Waals surface area contributed by atoms with Crippen molar-refractivity contribution in [2.24, 2.45) is 0 Å². The van der Waals surface area contributed by atoms with Crippen LogP contribution in [0.4, 0.5) is 5.82 Å². The lowest BCUT2D eigenvalue weighted by molar-refractivity contribution is -0.137. The predicted molar refractivity (Wildman–Crippen MR) is 120 cm³/mol. The van der Waals surface area contributed by atoms with Crippen molar-refractivity contribution in [2.45, 2.75) is 31.1 Å². The minimum Gasteiger partial charge on any atom is -0.352 e. The third-order valence-corrected chi connectivity index (χ3v) is 6.78. The van der Waals surface area contributed by atoms with Crippen LogP contribution in [0.2, 0.25) is 5.02 Å². The second-order valence-electron chi connectivity index (χ2n) is 8.28. The zero-order chi connectivity index (χ0) is 21.3. The topological polar surface area (TPSA) is 67.2 Å². The molecule has 2 fully saturated rings. The van der Waals surface area contributed by atoms with Crippen molar-refractivity contribution in [2.75, 3.05) is 31.1 Å². The van der Waals surface area contributed by atoms with E-state index in [1.807, 2.05) is 53.6 Å². The molecule has 1 aromatic carbocycles. The number of anilines is 1. The molecular formula is C23H25ClN6O. The molecule has 7 nitrogen and oxygen atoms in total. The molecular weight excluding hydrogens is 412 g/mol. The van der Waals surface area contributed by atoms with Crippen LogP contribution in [0, 0.1) is 0 Å². The van der Waals surface area contributed by atoms with Crippen molar-refractivity contribution in [1.29, 1.82) is 0 Å². The van der Waals surface area contributed by atoms with Crippen molar-refractivity contribution in [3.05, 3.63) is 65.4 Å². The highest BCUT2D eigenvalue weighted by Gasteiger charge is 2.45. The van der Waals surface area contributed by atoms with Gasteiger partial charge in [-0.15, -0.1) is 10.2 Å². The molecule has 31 heavy (non-hydrogen) atoms. The molecule has 3 aromatic rings. The second kappa shape index (κ2) is 8.30. The Labute approximate surface area is 186 Å². The molecule has 2 aliphatic rings. The average Bonchev–Trinajstić information content (AvgIpc) is 3.53. The van der Waals surface area contributed by atoms with Crippen LogP contribution in [-0.4, -0.2) is 57.0 Å². The van der Waals surface area contributed by atoms with E-state index in [1.54, 1.807) is 10.9 Å². The standard InChI is InChI=1S/C23H25ClN6O/c24-19-6-4-18(5-7-19)23(10-1-2-11-23)22(31)29-16-14-28(15-17-29)20-8-9-21(27-26-20)30-13-3-12-25-30/h3-9,12-13H,1-2,10-11,14-17H2. The Morgan fingerprint density at radius 1 is 0.903 bits per heavy atom. The highest BCUT2D eigenvalue weighted by molar-refractivity contribution is 6.30. The Hall–Kier alpha value is -2.93. The first-order valence-electron chi connectivity index (χ1n) is 10.8. The lowest BCUT2D eigenvalue weighted by atomic mass is 9.77. The average molecular weight is 437 g/mol. The van der Waals surface area contributed by atoms with Gasteiger partial charge in [-0.3, -0.25) is 4.79 Å². The summed E-state index contributed by atoms with van der Waals surface area (Å²) in [6, 6.07) is 13.6. The lowest BCUT2D eigenvalue weighted by Gasteiger charge is -2.40. The number of piperazine rings is 1. The molecule has 0 radical (unpaired) electrons. The number of carbonyl (C=O) groups is 1. The van der Waals surface area contributed by atoms with Crippen molar-refractivity contribution >= 4 is 23.3 Å². The van der Waals surface area contributed by atoms with Gasteiger partial charge in [0.2, 0.25) is 5.91 Å². The van der Waals surface area contributed by atoms with E-state index >= 15 is 0 Å². The van der Waals surface area contributed by atoms with E-state index in [4.69, 9.17) is 11.6 Å². The maximum Gasteiger partial charge on any atom is 0.233 e. The number of amides is 1. The monoisotopic (exact) mass is 436 g/mol. The molecule has 1 saturated carbocycles. The summed E-state index contributed by atoms with van der Waals surface area (Å²) in [4.78, 5) is 17.9. The van der Waals surface area contributed by atoms with Crippen LogP contribution in [0.5, 0.6) is 0 Å². The predicted octanol–water partition coefficient (Wildman–Crippen LogP) is 3.48. The van der Waals surface area contributed by atoms with E-state index in [0.717, 1.165) is 50.2 Å². The summed E-state index contributed by atoms with van der Waals surface area (Å²) in [5.41, 5.74) is 0.694. The molecule has 1 amide bonds. The van der Waals surface area contributed by atoms with Gasteiger partial charge in [0.1, 0.15) is 0 Å². The van der Waals surface area contributed by atoms with E-state index in [9.17, 15) is 4.79 Å². The van der Waals surface area contributed by atoms with Gasteiger partial charge in [0.15, 0.2) is 11.6 Å². The number of halogens is 1. The van der Waals surface area contributed by atoms with Crippen molar-refractivity contribution < 1.29 is 4.79 Å². The van der Waals surface area contributed by atoms with E-state index in [2.05, 4.69) is 20.2 Å². The number of hydrogen-bond donors (Lipinski definition) is 0. The van der Waals surface area contributed by atoms with E-state index < -0.39 is 5.41 Å². The molecule has 0 atom stereocenters. The first kappa shape index (κ1) is 20.0. The normalized spacial score (nSPS) is 18.4. The van der Waals surface area contributed by atoms with E-state index in [-0.39, 0.29) is 5.91 Å². The molecule has 160 valence electrons. The molecule has 1 aliphatic carbocycles. The van der Waals surface area contributed by atoms with Gasteiger partial charge in [-0.1, -0.05) is 36.6 Å². The largest absolute Gasteiger partial charge is 0.352 e. The fourth-order valence-corrected chi connectivity index (χ4v) is 4.95. The number of rotatable bonds is 4. The number of benzene rings is 1. The molecule has 3 heterocycles. The first-order chi connectivity index (χ1) is 15.2. The highest BCUT2D eigenvalue weighted by atomic mass is 35.5. The van der Waals surface area contributed by atoms with Gasteiger partial charge in [-0.2, -0.15) is 5.10 Å². The summed E-state index contributed by atoms with van der Waals surface area (Å²) in [6.45, 7) is 2.88. The molecule has 0 unspecified atom stereocenters. The van der Waals surface area contributed by atoms with Crippen LogP contribution < -0.4 is 4.90 Å². The van der Waals surface area contributed by atoms with Gasteiger partial charge in [-0.05, 0) is 48.7 Å². The zero-order valence-electron chi connectivity index (χ0n) is 17.3. The number of carbonyl (C=O) groups excluding carboxylic acids is 1. The lowest BCUT2D eigenvalue weighted by Crippen LogP contribution is -2.54. The Morgan fingerprint density at radius 3 is 2.19 bits per heavy atom. The maximum absolute atomic E-state index is 13.7. The van der Waals surface area contributed by atoms with Gasteiger partial charge < -0.3 is 9.80 Å². The summed E-state index contributed by atoms with van der Waals surface area (Å²) in [5, 5.41) is 13.6. The number of nitrogens with zero attached hydrogens (tertiary/aromatic N) is 6. The van der Waals surface area contributed by atoms with Gasteiger partial charge in [0.05, 0.1) is 5.41 Å². The third-order valence-electron chi connectivity index (χ3n) is 6.53. The van der Waals surface area contributed by atoms with Gasteiger partial charge >= 0.3 is 0 Å². The summed E-state index contributed by atoms with van der Waals surface area (Å²) >= 11 is 6.09. The minimum atomic E-state index is -0.405. The molecule has 0 spiro atoms. The Bertz CT molecular complexity index is 1020. The van der Waals surface area contributed by atoms with E-state index in [1.165, 1.54) is 0 Å². The van der Waals surface area contributed by atoms with Crippen LogP contribution in [0.1, 0.15) is 31.2 Å². The molecule has 0 N–H and O–H groups in total. The first-order valence-corrected chi connectivity index (χ1v) is 11.2. The Kier molecular flexibility index (Phi) is 5.36. The molecule has 1 aliphatic heterocycles. The summed E-state index contributed by atoms with van der Waals surface area (Å²) < 4.78 is 1.69. The summed E-state index contributed by atoms with van der Waals surface area (Å²) in [5.74, 6) is 1.78. The second-order valence-corrected chi connectivity index (χ2v) is 8.71. The quantitative estimate of drug-likeness (QED) is 0.626. The van der Waals surface area contributed by atoms with Crippen molar-refractivity contribution in [1.82, 2.24) is 24.9 Å². The van der Waals surface area contributed by atoms with Gasteiger partial charge in [0, 0.05) is 43.6 Å². The fourth-order valence-electron chi connectivity index (χ4n) is 4.83. The summed E-state index contributed by atoms with van der Waals surface area (Å²) in [6.07, 6.45) is 7.56. The van der Waals surface area contributed by atoms with Crippen LogP contribution in [-0.2, 0) is 10.2 Å². The molecule has 5 rings (SSSR count). The molecule has 8 heteroatoms. The maximum atomic E-state index is 13.7. The molecule has 2 aromatic heterocycles. The smallest absolute Gasteiger partial charge is 0.233 e.